The van der Waals surface area contributed by atoms with E-state index in [4.69, 9.17) is 4.74 Å². The smallest absolute Gasteiger partial charge is 0.229 e. The van der Waals surface area contributed by atoms with Gasteiger partial charge in [0.05, 0.1) is 6.61 Å². The summed E-state index contributed by atoms with van der Waals surface area (Å²) in [4.78, 5) is 9.08. The fourth-order valence-electron chi connectivity index (χ4n) is 5.02. The van der Waals surface area contributed by atoms with Crippen molar-refractivity contribution in [1.82, 2.24) is 15.3 Å². The molecule has 3 atom stereocenters. The van der Waals surface area contributed by atoms with Gasteiger partial charge < -0.3 is 20.7 Å². The number of ether oxygens (including phenoxy) is 1. The molecular weight excluding hydrogens is 338 g/mol. The molecule has 1 aromatic carbocycles. The zero-order valence-corrected chi connectivity index (χ0v) is 16.0. The molecule has 0 amide bonds. The standard InChI is InChI=1S/C21H27N5O/c1-12-5-19(22-2)26-21(24-12)25-17-8-13-3-4-27-20(13)18(9-17)14-6-15-10-23-11-16(15)7-14/h5,8-9,14-16,23H,3-4,6-7,10-11H2,1-2H3,(H2,22,24,25,26)/t14?,15-,16+. The average molecular weight is 365 g/mol. The summed E-state index contributed by atoms with van der Waals surface area (Å²) in [5.74, 6) is 4.84. The molecule has 2 aromatic rings. The number of anilines is 3. The first kappa shape index (κ1) is 16.8. The van der Waals surface area contributed by atoms with Crippen LogP contribution < -0.4 is 20.7 Å². The number of benzene rings is 1. The maximum atomic E-state index is 6.04. The molecule has 0 spiro atoms. The van der Waals surface area contributed by atoms with Crippen molar-refractivity contribution in [3.63, 3.8) is 0 Å². The molecule has 2 fully saturated rings. The highest BCUT2D eigenvalue weighted by Gasteiger charge is 2.39. The normalized spacial score (nSPS) is 25.8. The number of aromatic nitrogens is 2. The van der Waals surface area contributed by atoms with Crippen LogP contribution in [-0.4, -0.2) is 36.7 Å². The number of nitrogens with one attached hydrogen (secondary N) is 3. The molecule has 6 heteroatoms. The maximum absolute atomic E-state index is 6.04. The van der Waals surface area contributed by atoms with Gasteiger partial charge in [-0.05, 0) is 73.9 Å². The molecule has 3 aliphatic rings. The molecule has 6 nitrogen and oxygen atoms in total. The SMILES string of the molecule is CNc1cc(C)nc(Nc2cc3c(c(C4C[C@H]5CNC[C@H]5C4)c2)OCC3)n1. The van der Waals surface area contributed by atoms with Crippen LogP contribution >= 0.6 is 0 Å². The zero-order valence-electron chi connectivity index (χ0n) is 16.0. The minimum Gasteiger partial charge on any atom is -0.493 e. The highest BCUT2D eigenvalue weighted by molar-refractivity contribution is 5.63. The van der Waals surface area contributed by atoms with Gasteiger partial charge in [0, 0.05) is 30.9 Å². The van der Waals surface area contributed by atoms with Crippen molar-refractivity contribution >= 4 is 17.5 Å². The third-order valence-electron chi connectivity index (χ3n) is 6.27. The summed E-state index contributed by atoms with van der Waals surface area (Å²) in [7, 11) is 1.88. The molecular formula is C21H27N5O. The number of nitrogens with zero attached hydrogens (tertiary/aromatic N) is 2. The van der Waals surface area contributed by atoms with E-state index >= 15 is 0 Å². The first-order chi connectivity index (χ1) is 13.2. The highest BCUT2D eigenvalue weighted by Crippen LogP contribution is 2.49. The van der Waals surface area contributed by atoms with E-state index in [0.717, 1.165) is 47.8 Å². The Labute approximate surface area is 160 Å². The van der Waals surface area contributed by atoms with Crippen molar-refractivity contribution in [2.45, 2.75) is 32.1 Å². The molecule has 1 saturated carbocycles. The summed E-state index contributed by atoms with van der Waals surface area (Å²) in [6.07, 6.45) is 3.51. The molecule has 3 N–H and O–H groups in total. The van der Waals surface area contributed by atoms with Crippen molar-refractivity contribution in [1.29, 1.82) is 0 Å². The average Bonchev–Trinajstić information content (AvgIpc) is 3.36. The van der Waals surface area contributed by atoms with Crippen LogP contribution in [0.1, 0.15) is 35.6 Å². The molecule has 3 heterocycles. The van der Waals surface area contributed by atoms with Gasteiger partial charge >= 0.3 is 0 Å². The maximum Gasteiger partial charge on any atom is 0.229 e. The summed E-state index contributed by atoms with van der Waals surface area (Å²) >= 11 is 0. The van der Waals surface area contributed by atoms with E-state index in [-0.39, 0.29) is 0 Å². The van der Waals surface area contributed by atoms with Gasteiger partial charge in [0.1, 0.15) is 11.6 Å². The molecule has 1 saturated heterocycles. The van der Waals surface area contributed by atoms with Crippen molar-refractivity contribution < 1.29 is 4.74 Å². The molecule has 0 radical (unpaired) electrons. The van der Waals surface area contributed by atoms with E-state index in [2.05, 4.69) is 38.1 Å². The van der Waals surface area contributed by atoms with E-state index in [9.17, 15) is 0 Å². The van der Waals surface area contributed by atoms with E-state index in [1.165, 1.54) is 37.1 Å². The molecule has 5 rings (SSSR count). The lowest BCUT2D eigenvalue weighted by molar-refractivity contribution is 0.350. The molecule has 27 heavy (non-hydrogen) atoms. The van der Waals surface area contributed by atoms with Gasteiger partial charge in [0.15, 0.2) is 0 Å². The first-order valence-electron chi connectivity index (χ1n) is 10.0. The highest BCUT2D eigenvalue weighted by atomic mass is 16.5. The molecule has 1 unspecified atom stereocenters. The largest absolute Gasteiger partial charge is 0.493 e. The number of hydrogen-bond donors (Lipinski definition) is 3. The van der Waals surface area contributed by atoms with Gasteiger partial charge in [-0.1, -0.05) is 0 Å². The summed E-state index contributed by atoms with van der Waals surface area (Å²) in [6, 6.07) is 6.42. The quantitative estimate of drug-likeness (QED) is 0.773. The summed E-state index contributed by atoms with van der Waals surface area (Å²) in [6.45, 7) is 5.12. The van der Waals surface area contributed by atoms with Gasteiger partial charge in [-0.15, -0.1) is 0 Å². The minimum absolute atomic E-state index is 0.599. The van der Waals surface area contributed by atoms with Crippen molar-refractivity contribution in [2.75, 3.05) is 37.4 Å². The second kappa shape index (κ2) is 6.68. The van der Waals surface area contributed by atoms with Crippen LogP contribution in [0.15, 0.2) is 18.2 Å². The Bertz CT molecular complexity index is 856. The third kappa shape index (κ3) is 3.12. The third-order valence-corrected chi connectivity index (χ3v) is 6.27. The second-order valence-corrected chi connectivity index (χ2v) is 8.09. The van der Waals surface area contributed by atoms with Crippen LogP contribution in [0.4, 0.5) is 17.5 Å². The minimum atomic E-state index is 0.599. The van der Waals surface area contributed by atoms with E-state index in [1.807, 2.05) is 20.0 Å². The monoisotopic (exact) mass is 365 g/mol. The van der Waals surface area contributed by atoms with Crippen LogP contribution in [-0.2, 0) is 6.42 Å². The Morgan fingerprint density at radius 3 is 2.70 bits per heavy atom. The van der Waals surface area contributed by atoms with Crippen LogP contribution in [0.5, 0.6) is 5.75 Å². The van der Waals surface area contributed by atoms with Gasteiger partial charge in [-0.3, -0.25) is 0 Å². The number of hydrogen-bond acceptors (Lipinski definition) is 6. The lowest BCUT2D eigenvalue weighted by Crippen LogP contribution is -2.12. The fraction of sp³-hybridized carbons (Fsp3) is 0.524. The van der Waals surface area contributed by atoms with Crippen LogP contribution in [0.2, 0.25) is 0 Å². The lowest BCUT2D eigenvalue weighted by atomic mass is 9.92. The van der Waals surface area contributed by atoms with Crippen LogP contribution in [0.25, 0.3) is 0 Å². The molecule has 0 bridgehead atoms. The zero-order chi connectivity index (χ0) is 18.4. The number of aryl methyl sites for hydroxylation is 1. The second-order valence-electron chi connectivity index (χ2n) is 8.09. The summed E-state index contributed by atoms with van der Waals surface area (Å²) in [5.41, 5.74) is 4.70. The molecule has 1 aromatic heterocycles. The number of rotatable bonds is 4. The van der Waals surface area contributed by atoms with Gasteiger partial charge in [-0.2, -0.15) is 4.98 Å². The predicted octanol–water partition coefficient (Wildman–Crippen LogP) is 3.22. The summed E-state index contributed by atoms with van der Waals surface area (Å²) in [5, 5.41) is 10.1. The summed E-state index contributed by atoms with van der Waals surface area (Å²) < 4.78 is 6.04. The van der Waals surface area contributed by atoms with Crippen molar-refractivity contribution in [3.05, 3.63) is 35.0 Å². The first-order valence-corrected chi connectivity index (χ1v) is 10.0. The molecule has 1 aliphatic carbocycles. The fourth-order valence-corrected chi connectivity index (χ4v) is 5.02. The van der Waals surface area contributed by atoms with Crippen LogP contribution in [0.3, 0.4) is 0 Å². The Morgan fingerprint density at radius 1 is 1.11 bits per heavy atom. The topological polar surface area (TPSA) is 71.1 Å². The number of fused-ring (bicyclic) bond motifs is 2. The van der Waals surface area contributed by atoms with Crippen molar-refractivity contribution in [2.24, 2.45) is 11.8 Å². The van der Waals surface area contributed by atoms with Gasteiger partial charge in [0.25, 0.3) is 0 Å². The van der Waals surface area contributed by atoms with E-state index in [1.54, 1.807) is 0 Å². The molecule has 2 aliphatic heterocycles. The van der Waals surface area contributed by atoms with E-state index in [0.29, 0.717) is 11.9 Å². The Kier molecular flexibility index (Phi) is 4.16. The Balaban J connectivity index is 1.46. The van der Waals surface area contributed by atoms with Crippen LogP contribution in [0, 0.1) is 18.8 Å². The lowest BCUT2D eigenvalue weighted by Gasteiger charge is -2.18. The van der Waals surface area contributed by atoms with Gasteiger partial charge in [-0.25, -0.2) is 4.98 Å². The Morgan fingerprint density at radius 2 is 1.93 bits per heavy atom. The van der Waals surface area contributed by atoms with Crippen molar-refractivity contribution in [3.8, 4) is 5.75 Å². The predicted molar refractivity (Wildman–Crippen MR) is 107 cm³/mol. The molecule has 142 valence electrons. The Hall–Kier alpha value is -2.34. The van der Waals surface area contributed by atoms with E-state index < -0.39 is 0 Å². The van der Waals surface area contributed by atoms with Gasteiger partial charge in [0.2, 0.25) is 5.95 Å².